The van der Waals surface area contributed by atoms with E-state index in [1.165, 1.54) is 0 Å². The van der Waals surface area contributed by atoms with E-state index in [0.29, 0.717) is 11.7 Å². The monoisotopic (exact) mass is 299 g/mol. The quantitative estimate of drug-likeness (QED) is 0.921. The van der Waals surface area contributed by atoms with Crippen LogP contribution in [0.15, 0.2) is 0 Å². The molecule has 2 heterocycles. The second kappa shape index (κ2) is 5.74. The number of nitrogens with zero attached hydrogens (tertiary/aromatic N) is 3. The van der Waals surface area contributed by atoms with E-state index >= 15 is 0 Å². The molecule has 1 amide bonds. The van der Waals surface area contributed by atoms with Gasteiger partial charge in [-0.1, -0.05) is 18.5 Å². The molecular formula is C14H22ClN3O2. The zero-order chi connectivity index (χ0) is 14.9. The summed E-state index contributed by atoms with van der Waals surface area (Å²) >= 11 is 6.17. The molecule has 20 heavy (non-hydrogen) atoms. The third-order valence-corrected chi connectivity index (χ3v) is 4.59. The summed E-state index contributed by atoms with van der Waals surface area (Å²) in [5.74, 6) is 0.0578. The third-order valence-electron chi connectivity index (χ3n) is 4.11. The van der Waals surface area contributed by atoms with Gasteiger partial charge in [-0.15, -0.1) is 0 Å². The van der Waals surface area contributed by atoms with Gasteiger partial charge in [-0.05, 0) is 19.8 Å². The maximum absolute atomic E-state index is 12.4. The largest absolute Gasteiger partial charge is 0.396 e. The predicted molar refractivity (Wildman–Crippen MR) is 77.7 cm³/mol. The molecule has 5 nitrogen and oxygen atoms in total. The topological polar surface area (TPSA) is 58.4 Å². The van der Waals surface area contributed by atoms with Crippen LogP contribution in [0.4, 0.5) is 0 Å². The van der Waals surface area contributed by atoms with Gasteiger partial charge in [-0.2, -0.15) is 5.10 Å². The number of hydrogen-bond acceptors (Lipinski definition) is 3. The number of hydrogen-bond donors (Lipinski definition) is 1. The fourth-order valence-electron chi connectivity index (χ4n) is 2.80. The number of likely N-dealkylation sites (tertiary alicyclic amines) is 1. The normalized spacial score (nSPS) is 23.1. The van der Waals surface area contributed by atoms with Crippen molar-refractivity contribution in [3.63, 3.8) is 0 Å². The summed E-state index contributed by atoms with van der Waals surface area (Å²) in [5, 5.41) is 14.2. The second-order valence-electron chi connectivity index (χ2n) is 6.04. The Kier molecular flexibility index (Phi) is 4.39. The Morgan fingerprint density at radius 2 is 2.25 bits per heavy atom. The molecule has 0 radical (unpaired) electrons. The molecule has 1 aliphatic rings. The average molecular weight is 300 g/mol. The summed E-state index contributed by atoms with van der Waals surface area (Å²) in [5.41, 5.74) is 1.42. The SMILES string of the molecule is Cc1nn(C)c(Cl)c1CC(=O)N1CCCC(C)(CO)C1. The highest BCUT2D eigenvalue weighted by Gasteiger charge is 2.33. The van der Waals surface area contributed by atoms with E-state index in [9.17, 15) is 9.90 Å². The van der Waals surface area contributed by atoms with Gasteiger partial charge < -0.3 is 10.0 Å². The molecule has 0 saturated carbocycles. The van der Waals surface area contributed by atoms with Crippen molar-refractivity contribution >= 4 is 17.5 Å². The Morgan fingerprint density at radius 1 is 1.55 bits per heavy atom. The zero-order valence-corrected chi connectivity index (χ0v) is 13.1. The second-order valence-corrected chi connectivity index (χ2v) is 6.40. The zero-order valence-electron chi connectivity index (χ0n) is 12.3. The first-order chi connectivity index (χ1) is 9.36. The minimum atomic E-state index is -0.179. The smallest absolute Gasteiger partial charge is 0.227 e. The maximum Gasteiger partial charge on any atom is 0.227 e. The molecule has 0 aliphatic carbocycles. The number of halogens is 1. The molecule has 1 aromatic heterocycles. The summed E-state index contributed by atoms with van der Waals surface area (Å²) in [6.45, 7) is 5.37. The van der Waals surface area contributed by atoms with Crippen molar-refractivity contribution in [3.8, 4) is 0 Å². The van der Waals surface area contributed by atoms with Crippen LogP contribution in [0, 0.1) is 12.3 Å². The molecule has 1 saturated heterocycles. The van der Waals surface area contributed by atoms with E-state index in [-0.39, 0.29) is 24.3 Å². The highest BCUT2D eigenvalue weighted by atomic mass is 35.5. The number of aliphatic hydroxyl groups is 1. The Morgan fingerprint density at radius 3 is 2.80 bits per heavy atom. The first-order valence-corrected chi connectivity index (χ1v) is 7.31. The van der Waals surface area contributed by atoms with Gasteiger partial charge in [0.25, 0.3) is 0 Å². The Labute approximate surface area is 124 Å². The van der Waals surface area contributed by atoms with Crippen LogP contribution in [0.1, 0.15) is 31.0 Å². The van der Waals surface area contributed by atoms with Gasteiger partial charge in [0.1, 0.15) is 5.15 Å². The van der Waals surface area contributed by atoms with Crippen molar-refractivity contribution in [3.05, 3.63) is 16.4 Å². The van der Waals surface area contributed by atoms with Gasteiger partial charge in [0, 0.05) is 31.1 Å². The van der Waals surface area contributed by atoms with Crippen LogP contribution in [-0.4, -0.2) is 45.4 Å². The lowest BCUT2D eigenvalue weighted by molar-refractivity contribution is -0.134. The van der Waals surface area contributed by atoms with Gasteiger partial charge in [-0.25, -0.2) is 0 Å². The first-order valence-electron chi connectivity index (χ1n) is 6.93. The average Bonchev–Trinajstić information content (AvgIpc) is 2.65. The van der Waals surface area contributed by atoms with Gasteiger partial charge in [0.05, 0.1) is 18.7 Å². The fourth-order valence-corrected chi connectivity index (χ4v) is 3.04. The van der Waals surface area contributed by atoms with Gasteiger partial charge in [0.15, 0.2) is 0 Å². The number of carbonyl (C=O) groups excluding carboxylic acids is 1. The molecule has 112 valence electrons. The molecule has 0 bridgehead atoms. The van der Waals surface area contributed by atoms with Gasteiger partial charge in [0.2, 0.25) is 5.91 Å². The number of amides is 1. The van der Waals surface area contributed by atoms with Crippen LogP contribution >= 0.6 is 11.6 Å². The minimum absolute atomic E-state index is 0.0578. The number of piperidine rings is 1. The summed E-state index contributed by atoms with van der Waals surface area (Å²) in [4.78, 5) is 14.3. The third kappa shape index (κ3) is 2.99. The number of aromatic nitrogens is 2. The first kappa shape index (κ1) is 15.3. The number of carbonyl (C=O) groups is 1. The fraction of sp³-hybridized carbons (Fsp3) is 0.714. The molecule has 6 heteroatoms. The predicted octanol–water partition coefficient (Wildman–Crippen LogP) is 1.55. The molecule has 0 spiro atoms. The Bertz CT molecular complexity index is 515. The number of rotatable bonds is 3. The summed E-state index contributed by atoms with van der Waals surface area (Å²) in [7, 11) is 1.77. The maximum atomic E-state index is 12.4. The van der Waals surface area contributed by atoms with Crippen LogP contribution in [0.5, 0.6) is 0 Å². The standard InChI is InChI=1S/C14H22ClN3O2/c1-10-11(13(15)17(3)16-10)7-12(20)18-6-4-5-14(2,8-18)9-19/h19H,4-9H2,1-3H3. The molecule has 1 atom stereocenters. The van der Waals surface area contributed by atoms with E-state index in [1.807, 2.05) is 18.7 Å². The summed E-state index contributed by atoms with van der Waals surface area (Å²) in [6.07, 6.45) is 2.17. The van der Waals surface area contributed by atoms with Gasteiger partial charge in [-0.3, -0.25) is 9.48 Å². The minimum Gasteiger partial charge on any atom is -0.396 e. The lowest BCUT2D eigenvalue weighted by Crippen LogP contribution is -2.47. The van der Waals surface area contributed by atoms with Crippen LogP contribution < -0.4 is 0 Å². The van der Waals surface area contributed by atoms with Crippen molar-refractivity contribution in [2.24, 2.45) is 12.5 Å². The van der Waals surface area contributed by atoms with Crippen molar-refractivity contribution in [2.45, 2.75) is 33.1 Å². The number of aliphatic hydroxyl groups excluding tert-OH is 1. The van der Waals surface area contributed by atoms with Crippen molar-refractivity contribution < 1.29 is 9.90 Å². The van der Waals surface area contributed by atoms with E-state index in [1.54, 1.807) is 11.7 Å². The van der Waals surface area contributed by atoms with Crippen LogP contribution in [-0.2, 0) is 18.3 Å². The van der Waals surface area contributed by atoms with E-state index < -0.39 is 0 Å². The van der Waals surface area contributed by atoms with E-state index in [0.717, 1.165) is 30.6 Å². The van der Waals surface area contributed by atoms with Crippen LogP contribution in [0.25, 0.3) is 0 Å². The molecule has 0 aromatic carbocycles. The van der Waals surface area contributed by atoms with E-state index in [4.69, 9.17) is 11.6 Å². The van der Waals surface area contributed by atoms with Crippen LogP contribution in [0.3, 0.4) is 0 Å². The molecule has 1 fully saturated rings. The molecule has 1 aliphatic heterocycles. The van der Waals surface area contributed by atoms with Gasteiger partial charge >= 0.3 is 0 Å². The van der Waals surface area contributed by atoms with Crippen molar-refractivity contribution in [2.75, 3.05) is 19.7 Å². The summed E-state index contributed by atoms with van der Waals surface area (Å²) < 4.78 is 1.59. The molecule has 1 N–H and O–H groups in total. The molecule has 2 rings (SSSR count). The van der Waals surface area contributed by atoms with Crippen molar-refractivity contribution in [1.82, 2.24) is 14.7 Å². The Hall–Kier alpha value is -1.07. The van der Waals surface area contributed by atoms with Crippen LogP contribution in [0.2, 0.25) is 5.15 Å². The highest BCUT2D eigenvalue weighted by Crippen LogP contribution is 2.29. The number of aryl methyl sites for hydroxylation is 2. The lowest BCUT2D eigenvalue weighted by atomic mass is 9.82. The van der Waals surface area contributed by atoms with Crippen molar-refractivity contribution in [1.29, 1.82) is 0 Å². The highest BCUT2D eigenvalue weighted by molar-refractivity contribution is 6.30. The molecule has 1 aromatic rings. The lowest BCUT2D eigenvalue weighted by Gasteiger charge is -2.39. The Balaban J connectivity index is 2.08. The molecular weight excluding hydrogens is 278 g/mol. The molecule has 1 unspecified atom stereocenters. The van der Waals surface area contributed by atoms with E-state index in [2.05, 4.69) is 5.10 Å². The summed E-state index contributed by atoms with van der Waals surface area (Å²) in [6, 6.07) is 0.